The molecule has 0 unspecified atom stereocenters. The van der Waals surface area contributed by atoms with Crippen LogP contribution >= 0.6 is 0 Å². The second-order valence-corrected chi connectivity index (χ2v) is 3.79. The van der Waals surface area contributed by atoms with E-state index < -0.39 is 0 Å². The van der Waals surface area contributed by atoms with Crippen molar-refractivity contribution in [1.29, 1.82) is 0 Å². The summed E-state index contributed by atoms with van der Waals surface area (Å²) in [5, 5.41) is 0. The molecule has 1 atom stereocenters. The van der Waals surface area contributed by atoms with Gasteiger partial charge in [0.25, 0.3) is 0 Å². The Labute approximate surface area is 82.3 Å². The van der Waals surface area contributed by atoms with E-state index in [2.05, 4.69) is 18.7 Å². The Morgan fingerprint density at radius 3 is 2.92 bits per heavy atom. The van der Waals surface area contributed by atoms with Crippen LogP contribution in [0.3, 0.4) is 0 Å². The molecule has 1 saturated heterocycles. The molecule has 0 amide bonds. The third-order valence-electron chi connectivity index (χ3n) is 2.91. The largest absolute Gasteiger partial charge is 0.382 e. The highest BCUT2D eigenvalue weighted by atomic mass is 16.5. The summed E-state index contributed by atoms with van der Waals surface area (Å²) in [6, 6.07) is 0.863. The summed E-state index contributed by atoms with van der Waals surface area (Å²) in [6.45, 7) is 8.69. The van der Waals surface area contributed by atoms with Crippen molar-refractivity contribution in [3.63, 3.8) is 0 Å². The van der Waals surface area contributed by atoms with E-state index in [1.807, 2.05) is 0 Å². The van der Waals surface area contributed by atoms with E-state index in [0.717, 1.165) is 19.3 Å². The zero-order valence-corrected chi connectivity index (χ0v) is 9.09. The van der Waals surface area contributed by atoms with Gasteiger partial charge in [-0.05, 0) is 39.2 Å². The standard InChI is InChI=1S/C11H23NO/c1-3-11-7-5-8-12(11)9-6-10-13-4-2/h11H,3-10H2,1-2H3/t11-/m1/s1. The molecule has 0 aromatic heterocycles. The first-order valence-electron chi connectivity index (χ1n) is 5.70. The zero-order valence-electron chi connectivity index (χ0n) is 9.09. The Balaban J connectivity index is 2.06. The van der Waals surface area contributed by atoms with E-state index in [1.165, 1.54) is 38.8 Å². The normalized spacial score (nSPS) is 24.0. The van der Waals surface area contributed by atoms with E-state index >= 15 is 0 Å². The fourth-order valence-corrected chi connectivity index (χ4v) is 2.17. The summed E-state index contributed by atoms with van der Waals surface area (Å²) in [5.74, 6) is 0. The topological polar surface area (TPSA) is 12.5 Å². The summed E-state index contributed by atoms with van der Waals surface area (Å²) in [4.78, 5) is 2.62. The maximum atomic E-state index is 5.34. The van der Waals surface area contributed by atoms with Crippen LogP contribution in [-0.4, -0.2) is 37.2 Å². The van der Waals surface area contributed by atoms with Gasteiger partial charge in [-0.25, -0.2) is 0 Å². The molecule has 0 saturated carbocycles. The Bertz CT molecular complexity index is 127. The number of nitrogens with zero attached hydrogens (tertiary/aromatic N) is 1. The quantitative estimate of drug-likeness (QED) is 0.589. The molecule has 78 valence electrons. The average Bonchev–Trinajstić information content (AvgIpc) is 2.60. The molecule has 1 aliphatic rings. The molecule has 0 radical (unpaired) electrons. The van der Waals surface area contributed by atoms with Gasteiger partial charge in [-0.1, -0.05) is 6.92 Å². The van der Waals surface area contributed by atoms with Crippen LogP contribution in [0.2, 0.25) is 0 Å². The molecule has 1 rings (SSSR count). The molecule has 0 aromatic rings. The fourth-order valence-electron chi connectivity index (χ4n) is 2.17. The average molecular weight is 185 g/mol. The van der Waals surface area contributed by atoms with Crippen LogP contribution < -0.4 is 0 Å². The van der Waals surface area contributed by atoms with Gasteiger partial charge < -0.3 is 9.64 Å². The molecular formula is C11H23NO. The van der Waals surface area contributed by atoms with E-state index in [4.69, 9.17) is 4.74 Å². The lowest BCUT2D eigenvalue weighted by Gasteiger charge is -2.22. The van der Waals surface area contributed by atoms with Crippen LogP contribution in [0.15, 0.2) is 0 Å². The van der Waals surface area contributed by atoms with Crippen molar-refractivity contribution in [3.8, 4) is 0 Å². The van der Waals surface area contributed by atoms with Crippen molar-refractivity contribution in [2.45, 2.75) is 45.6 Å². The smallest absolute Gasteiger partial charge is 0.0478 e. The molecule has 13 heavy (non-hydrogen) atoms. The summed E-state index contributed by atoms with van der Waals surface area (Å²) in [5.41, 5.74) is 0. The zero-order chi connectivity index (χ0) is 9.52. The highest BCUT2D eigenvalue weighted by Crippen LogP contribution is 2.19. The Morgan fingerprint density at radius 2 is 2.23 bits per heavy atom. The van der Waals surface area contributed by atoms with Crippen LogP contribution in [-0.2, 0) is 4.74 Å². The highest BCUT2D eigenvalue weighted by Gasteiger charge is 2.21. The fraction of sp³-hybridized carbons (Fsp3) is 1.00. The first-order chi connectivity index (χ1) is 6.38. The minimum Gasteiger partial charge on any atom is -0.382 e. The monoisotopic (exact) mass is 185 g/mol. The van der Waals surface area contributed by atoms with Gasteiger partial charge in [0.1, 0.15) is 0 Å². The number of hydrogen-bond acceptors (Lipinski definition) is 2. The van der Waals surface area contributed by atoms with Crippen molar-refractivity contribution in [2.24, 2.45) is 0 Å². The Kier molecular flexibility index (Phi) is 5.40. The SMILES string of the molecule is CCOCCCN1CCC[C@H]1CC. The second kappa shape index (κ2) is 6.39. The maximum Gasteiger partial charge on any atom is 0.0478 e. The van der Waals surface area contributed by atoms with E-state index in [1.54, 1.807) is 0 Å². The van der Waals surface area contributed by atoms with Gasteiger partial charge in [0.05, 0.1) is 0 Å². The van der Waals surface area contributed by atoms with Crippen LogP contribution in [0, 0.1) is 0 Å². The van der Waals surface area contributed by atoms with Crippen LogP contribution in [0.4, 0.5) is 0 Å². The van der Waals surface area contributed by atoms with Crippen LogP contribution in [0.1, 0.15) is 39.5 Å². The van der Waals surface area contributed by atoms with E-state index in [9.17, 15) is 0 Å². The predicted molar refractivity (Wildman–Crippen MR) is 56.0 cm³/mol. The molecule has 0 aliphatic carbocycles. The lowest BCUT2D eigenvalue weighted by atomic mass is 10.2. The van der Waals surface area contributed by atoms with Gasteiger partial charge in [-0.2, -0.15) is 0 Å². The number of ether oxygens (including phenoxy) is 1. The predicted octanol–water partition coefficient (Wildman–Crippen LogP) is 2.29. The highest BCUT2D eigenvalue weighted by molar-refractivity contribution is 4.77. The molecule has 2 nitrogen and oxygen atoms in total. The molecule has 0 bridgehead atoms. The molecular weight excluding hydrogens is 162 g/mol. The summed E-state index contributed by atoms with van der Waals surface area (Å²) in [6.07, 6.45) is 5.32. The summed E-state index contributed by atoms with van der Waals surface area (Å²) < 4.78 is 5.34. The molecule has 1 fully saturated rings. The maximum absolute atomic E-state index is 5.34. The van der Waals surface area contributed by atoms with Crippen molar-refractivity contribution in [1.82, 2.24) is 4.90 Å². The Hall–Kier alpha value is -0.0800. The van der Waals surface area contributed by atoms with Gasteiger partial charge in [-0.15, -0.1) is 0 Å². The number of hydrogen-bond donors (Lipinski definition) is 0. The van der Waals surface area contributed by atoms with E-state index in [-0.39, 0.29) is 0 Å². The van der Waals surface area contributed by atoms with Crippen LogP contribution in [0.25, 0.3) is 0 Å². The number of rotatable bonds is 6. The van der Waals surface area contributed by atoms with Gasteiger partial charge in [-0.3, -0.25) is 0 Å². The number of likely N-dealkylation sites (tertiary alicyclic amines) is 1. The molecule has 0 aromatic carbocycles. The van der Waals surface area contributed by atoms with Crippen LogP contribution in [0.5, 0.6) is 0 Å². The Morgan fingerprint density at radius 1 is 1.38 bits per heavy atom. The first-order valence-corrected chi connectivity index (χ1v) is 5.70. The second-order valence-electron chi connectivity index (χ2n) is 3.79. The third kappa shape index (κ3) is 3.65. The lowest BCUT2D eigenvalue weighted by molar-refractivity contribution is 0.129. The minimum atomic E-state index is 0.858. The van der Waals surface area contributed by atoms with Crippen molar-refractivity contribution >= 4 is 0 Å². The van der Waals surface area contributed by atoms with E-state index in [0.29, 0.717) is 0 Å². The summed E-state index contributed by atoms with van der Waals surface area (Å²) >= 11 is 0. The van der Waals surface area contributed by atoms with Crippen molar-refractivity contribution in [2.75, 3.05) is 26.3 Å². The lowest BCUT2D eigenvalue weighted by Crippen LogP contribution is -2.30. The summed E-state index contributed by atoms with van der Waals surface area (Å²) in [7, 11) is 0. The molecule has 1 aliphatic heterocycles. The third-order valence-corrected chi connectivity index (χ3v) is 2.91. The van der Waals surface area contributed by atoms with Crippen molar-refractivity contribution in [3.05, 3.63) is 0 Å². The molecule has 0 N–H and O–H groups in total. The molecule has 1 heterocycles. The minimum absolute atomic E-state index is 0.858. The van der Waals surface area contributed by atoms with Gasteiger partial charge in [0.15, 0.2) is 0 Å². The molecule has 0 spiro atoms. The van der Waals surface area contributed by atoms with Crippen molar-refractivity contribution < 1.29 is 4.74 Å². The first kappa shape index (κ1) is 11.0. The molecule has 2 heteroatoms. The van der Waals surface area contributed by atoms with Gasteiger partial charge in [0, 0.05) is 25.8 Å². The van der Waals surface area contributed by atoms with Gasteiger partial charge >= 0.3 is 0 Å². The van der Waals surface area contributed by atoms with Gasteiger partial charge in [0.2, 0.25) is 0 Å².